The van der Waals surface area contributed by atoms with Crippen LogP contribution in [0.25, 0.3) is 0 Å². The molecule has 6 heteroatoms. The van der Waals surface area contributed by atoms with Crippen LogP contribution in [0, 0.1) is 29.5 Å². The smallest absolute Gasteiger partial charge is 0.227 e. The van der Waals surface area contributed by atoms with Crippen molar-refractivity contribution >= 4 is 11.9 Å². The normalized spacial score (nSPS) is 31.3. The van der Waals surface area contributed by atoms with Gasteiger partial charge in [0.05, 0.1) is 26.2 Å². The molecule has 4 atom stereocenters. The van der Waals surface area contributed by atoms with Gasteiger partial charge in [-0.2, -0.15) is 0 Å². The van der Waals surface area contributed by atoms with E-state index in [0.717, 1.165) is 44.5 Å². The molecule has 2 aliphatic carbocycles. The second-order valence-electron chi connectivity index (χ2n) is 8.09. The molecule has 1 amide bonds. The molecule has 0 unspecified atom stereocenters. The molecular formula is C20H25FN2O3. The average molecular weight is 360 g/mol. The first-order valence-electron chi connectivity index (χ1n) is 9.60. The Morgan fingerprint density at radius 3 is 2.50 bits per heavy atom. The van der Waals surface area contributed by atoms with Crippen LogP contribution in [0.2, 0.25) is 0 Å². The van der Waals surface area contributed by atoms with Crippen LogP contribution in [0.1, 0.15) is 24.8 Å². The number of aliphatic carboxylic acids is 1. The number of carboxylic acids is 1. The molecule has 0 aromatic heterocycles. The summed E-state index contributed by atoms with van der Waals surface area (Å²) in [5.41, 5.74) is 0.963. The highest BCUT2D eigenvalue weighted by atomic mass is 19.1. The van der Waals surface area contributed by atoms with Gasteiger partial charge in [-0.1, -0.05) is 12.1 Å². The lowest BCUT2D eigenvalue weighted by Crippen LogP contribution is -3.13. The maximum absolute atomic E-state index is 13.3. The van der Waals surface area contributed by atoms with E-state index in [1.54, 1.807) is 12.1 Å². The van der Waals surface area contributed by atoms with Gasteiger partial charge >= 0.3 is 0 Å². The van der Waals surface area contributed by atoms with Crippen LogP contribution in [0.4, 0.5) is 4.39 Å². The zero-order chi connectivity index (χ0) is 18.3. The Kier molecular flexibility index (Phi) is 4.69. The minimum Gasteiger partial charge on any atom is -0.550 e. The number of hydrogen-bond donors (Lipinski definition) is 1. The van der Waals surface area contributed by atoms with E-state index in [9.17, 15) is 19.1 Å². The van der Waals surface area contributed by atoms with Gasteiger partial charge in [0.15, 0.2) is 0 Å². The number of carboxylic acid groups (broad SMARTS) is 1. The van der Waals surface area contributed by atoms with E-state index in [1.165, 1.54) is 11.0 Å². The Morgan fingerprint density at radius 1 is 1.15 bits per heavy atom. The fourth-order valence-corrected chi connectivity index (χ4v) is 5.35. The second kappa shape index (κ2) is 6.99. The molecule has 0 radical (unpaired) electrons. The van der Waals surface area contributed by atoms with Gasteiger partial charge < -0.3 is 19.7 Å². The van der Waals surface area contributed by atoms with Gasteiger partial charge in [-0.25, -0.2) is 4.39 Å². The molecule has 1 aromatic carbocycles. The van der Waals surface area contributed by atoms with E-state index in [4.69, 9.17) is 0 Å². The van der Waals surface area contributed by atoms with E-state index in [-0.39, 0.29) is 29.5 Å². The number of quaternary nitrogens is 1. The Morgan fingerprint density at radius 2 is 1.85 bits per heavy atom. The SMILES string of the molecule is O=C([O-])[C@H]1[C@@H]2CC[C@H](C2)[C@@H]1C(=O)N1CC[NH+](Cc2cccc(F)c2)CC1. The van der Waals surface area contributed by atoms with E-state index in [0.29, 0.717) is 13.1 Å². The summed E-state index contributed by atoms with van der Waals surface area (Å²) in [5, 5.41) is 11.6. The number of fused-ring (bicyclic) bond motifs is 2. The van der Waals surface area contributed by atoms with Crippen molar-refractivity contribution < 1.29 is 24.0 Å². The lowest BCUT2D eigenvalue weighted by Gasteiger charge is -2.38. The summed E-state index contributed by atoms with van der Waals surface area (Å²) < 4.78 is 13.3. The Labute approximate surface area is 152 Å². The van der Waals surface area contributed by atoms with Crippen molar-refractivity contribution in [2.75, 3.05) is 26.2 Å². The summed E-state index contributed by atoms with van der Waals surface area (Å²) in [6.45, 7) is 3.63. The van der Waals surface area contributed by atoms with Gasteiger partial charge in [-0.05, 0) is 43.2 Å². The molecule has 1 N–H and O–H groups in total. The number of nitrogens with one attached hydrogen (secondary N) is 1. The minimum atomic E-state index is -1.05. The summed E-state index contributed by atoms with van der Waals surface area (Å²) in [6.07, 6.45) is 2.74. The predicted molar refractivity (Wildman–Crippen MR) is 90.2 cm³/mol. The number of piperazine rings is 1. The fourth-order valence-electron chi connectivity index (χ4n) is 5.35. The molecule has 2 bridgehead atoms. The number of carbonyl (C=O) groups is 2. The van der Waals surface area contributed by atoms with Crippen molar-refractivity contribution in [2.24, 2.45) is 23.7 Å². The third kappa shape index (κ3) is 3.22. The van der Waals surface area contributed by atoms with E-state index in [1.807, 2.05) is 11.0 Å². The highest BCUT2D eigenvalue weighted by Crippen LogP contribution is 2.52. The van der Waals surface area contributed by atoms with Crippen LogP contribution in [-0.2, 0) is 16.1 Å². The maximum atomic E-state index is 13.3. The van der Waals surface area contributed by atoms with Crippen LogP contribution >= 0.6 is 0 Å². The van der Waals surface area contributed by atoms with Crippen LogP contribution < -0.4 is 10.0 Å². The lowest BCUT2D eigenvalue weighted by molar-refractivity contribution is -0.917. The summed E-state index contributed by atoms with van der Waals surface area (Å²) in [7, 11) is 0. The lowest BCUT2D eigenvalue weighted by atomic mass is 9.78. The molecule has 1 aromatic rings. The summed E-state index contributed by atoms with van der Waals surface area (Å²) >= 11 is 0. The quantitative estimate of drug-likeness (QED) is 0.785. The van der Waals surface area contributed by atoms with E-state index in [2.05, 4.69) is 0 Å². The summed E-state index contributed by atoms with van der Waals surface area (Å²) in [6, 6.07) is 6.65. The van der Waals surface area contributed by atoms with Gasteiger partial charge in [0.1, 0.15) is 12.4 Å². The Hall–Kier alpha value is -1.95. The predicted octanol–water partition coefficient (Wildman–Crippen LogP) is -0.535. The molecule has 1 heterocycles. The molecule has 1 aliphatic heterocycles. The van der Waals surface area contributed by atoms with Gasteiger partial charge in [0, 0.05) is 23.4 Å². The third-order valence-corrected chi connectivity index (χ3v) is 6.60. The third-order valence-electron chi connectivity index (χ3n) is 6.60. The topological polar surface area (TPSA) is 64.9 Å². The highest BCUT2D eigenvalue weighted by Gasteiger charge is 2.52. The molecule has 1 saturated heterocycles. The van der Waals surface area contributed by atoms with Crippen LogP contribution in [0.3, 0.4) is 0 Å². The van der Waals surface area contributed by atoms with Crippen molar-refractivity contribution in [3.8, 4) is 0 Å². The molecule has 3 fully saturated rings. The van der Waals surface area contributed by atoms with Crippen LogP contribution in [-0.4, -0.2) is 43.0 Å². The molecule has 5 nitrogen and oxygen atoms in total. The van der Waals surface area contributed by atoms with Crippen LogP contribution in [0.5, 0.6) is 0 Å². The molecule has 4 rings (SSSR count). The standard InChI is InChI=1S/C20H25FN2O3/c21-16-3-1-2-13(10-16)12-22-6-8-23(9-7-22)19(24)17-14-4-5-15(11-14)18(17)20(25)26/h1-3,10,14-15,17-18H,4-9,11-12H2,(H,25,26)/t14-,15-,17+,18+/m1/s1. The van der Waals surface area contributed by atoms with Gasteiger partial charge in [0.25, 0.3) is 0 Å². The molecule has 26 heavy (non-hydrogen) atoms. The number of hydrogen-bond acceptors (Lipinski definition) is 3. The number of nitrogens with zero attached hydrogens (tertiary/aromatic N) is 1. The zero-order valence-corrected chi connectivity index (χ0v) is 14.8. The maximum Gasteiger partial charge on any atom is 0.227 e. The van der Waals surface area contributed by atoms with E-state index >= 15 is 0 Å². The monoisotopic (exact) mass is 360 g/mol. The minimum absolute atomic E-state index is 0.0104. The Balaban J connectivity index is 1.36. The number of rotatable bonds is 4. The summed E-state index contributed by atoms with van der Waals surface area (Å²) in [4.78, 5) is 27.7. The molecule has 0 spiro atoms. The molecule has 2 saturated carbocycles. The molecule has 140 valence electrons. The largest absolute Gasteiger partial charge is 0.550 e. The molecule has 3 aliphatic rings. The number of amides is 1. The number of benzene rings is 1. The van der Waals surface area contributed by atoms with Crippen molar-refractivity contribution in [1.82, 2.24) is 4.90 Å². The molecular weight excluding hydrogens is 335 g/mol. The average Bonchev–Trinajstić information content (AvgIpc) is 3.23. The van der Waals surface area contributed by atoms with Gasteiger partial charge in [-0.3, -0.25) is 4.79 Å². The van der Waals surface area contributed by atoms with Gasteiger partial charge in [-0.15, -0.1) is 0 Å². The van der Waals surface area contributed by atoms with Crippen molar-refractivity contribution in [3.63, 3.8) is 0 Å². The van der Waals surface area contributed by atoms with Crippen molar-refractivity contribution in [3.05, 3.63) is 35.6 Å². The summed E-state index contributed by atoms with van der Waals surface area (Å²) in [5.74, 6) is -1.91. The van der Waals surface area contributed by atoms with E-state index < -0.39 is 11.9 Å². The zero-order valence-electron chi connectivity index (χ0n) is 14.8. The Bertz CT molecular complexity index is 702. The fraction of sp³-hybridized carbons (Fsp3) is 0.600. The first kappa shape index (κ1) is 17.5. The van der Waals surface area contributed by atoms with Crippen molar-refractivity contribution in [2.45, 2.75) is 25.8 Å². The van der Waals surface area contributed by atoms with Crippen molar-refractivity contribution in [1.29, 1.82) is 0 Å². The number of halogens is 1. The second-order valence-corrected chi connectivity index (χ2v) is 8.09. The van der Waals surface area contributed by atoms with Gasteiger partial charge in [0.2, 0.25) is 5.91 Å². The highest BCUT2D eigenvalue weighted by molar-refractivity contribution is 5.85. The first-order chi connectivity index (χ1) is 12.5. The van der Waals surface area contributed by atoms with Crippen LogP contribution in [0.15, 0.2) is 24.3 Å². The number of carbonyl (C=O) groups excluding carboxylic acids is 2. The first-order valence-corrected chi connectivity index (χ1v) is 9.60.